The van der Waals surface area contributed by atoms with Gasteiger partial charge in [-0.1, -0.05) is 55.1 Å². The van der Waals surface area contributed by atoms with Crippen molar-refractivity contribution in [3.8, 4) is 0 Å². The monoisotopic (exact) mass is 425 g/mol. The van der Waals surface area contributed by atoms with E-state index in [4.69, 9.17) is 0 Å². The highest BCUT2D eigenvalue weighted by atomic mass is 32.2. The van der Waals surface area contributed by atoms with Crippen molar-refractivity contribution in [3.05, 3.63) is 69.9 Å². The van der Waals surface area contributed by atoms with E-state index in [2.05, 4.69) is 79.0 Å². The summed E-state index contributed by atoms with van der Waals surface area (Å²) in [6, 6.07) is 14.8. The fraction of sp³-hybridized carbons (Fsp3) is 0.350. The summed E-state index contributed by atoms with van der Waals surface area (Å²) in [4.78, 5) is 1.29. The zero-order chi connectivity index (χ0) is 19.9. The van der Waals surface area contributed by atoms with E-state index in [1.807, 2.05) is 10.7 Å². The van der Waals surface area contributed by atoms with Crippen LogP contribution in [0.1, 0.15) is 35.4 Å². The van der Waals surface area contributed by atoms with Gasteiger partial charge in [-0.15, -0.1) is 26.6 Å². The van der Waals surface area contributed by atoms with Gasteiger partial charge in [0, 0.05) is 24.4 Å². The van der Waals surface area contributed by atoms with Gasteiger partial charge in [-0.2, -0.15) is 0 Å². The van der Waals surface area contributed by atoms with E-state index < -0.39 is 0 Å². The maximum atomic E-state index is 4.50. The molecule has 3 aromatic heterocycles. The average Bonchev–Trinajstić information content (AvgIpc) is 3.49. The first kappa shape index (κ1) is 19.8. The number of aryl methyl sites for hydroxylation is 2. The number of benzene rings is 1. The third-order valence-electron chi connectivity index (χ3n) is 4.54. The Kier molecular flexibility index (Phi) is 6.68. The van der Waals surface area contributed by atoms with Crippen LogP contribution >= 0.6 is 23.1 Å². The molecule has 0 aliphatic heterocycles. The lowest BCUT2D eigenvalue weighted by atomic mass is 10.1. The summed E-state index contributed by atoms with van der Waals surface area (Å²) in [5, 5.41) is 24.1. The molecular formula is C20H23N7S2. The van der Waals surface area contributed by atoms with Gasteiger partial charge in [-0.25, -0.2) is 4.68 Å². The molecule has 0 N–H and O–H groups in total. The van der Waals surface area contributed by atoms with Gasteiger partial charge >= 0.3 is 0 Å². The molecule has 0 spiro atoms. The topological polar surface area (TPSA) is 74.3 Å². The zero-order valence-electron chi connectivity index (χ0n) is 16.3. The Balaban J connectivity index is 1.52. The van der Waals surface area contributed by atoms with Crippen LogP contribution in [0.15, 0.2) is 53.0 Å². The van der Waals surface area contributed by atoms with Crippen LogP contribution in [0, 0.1) is 0 Å². The average molecular weight is 426 g/mol. The van der Waals surface area contributed by atoms with Gasteiger partial charge in [-0.3, -0.25) is 0 Å². The van der Waals surface area contributed by atoms with Crippen molar-refractivity contribution < 1.29 is 0 Å². The van der Waals surface area contributed by atoms with Gasteiger partial charge < -0.3 is 4.57 Å². The van der Waals surface area contributed by atoms with E-state index in [0.29, 0.717) is 5.75 Å². The summed E-state index contributed by atoms with van der Waals surface area (Å²) in [6.07, 6.45) is 2.74. The SMILES string of the molecule is CCCn1nnnc1CSc1nnc(Cc2cccs2)n1CCc1ccccc1. The van der Waals surface area contributed by atoms with Crippen LogP contribution in [-0.4, -0.2) is 35.0 Å². The lowest BCUT2D eigenvalue weighted by molar-refractivity contribution is 0.563. The van der Waals surface area contributed by atoms with Gasteiger partial charge in [0.2, 0.25) is 0 Å². The maximum absolute atomic E-state index is 4.50. The molecule has 3 heterocycles. The molecule has 7 nitrogen and oxygen atoms in total. The van der Waals surface area contributed by atoms with Gasteiger partial charge in [0.05, 0.1) is 5.75 Å². The largest absolute Gasteiger partial charge is 0.305 e. The Bertz CT molecular complexity index is 1010. The van der Waals surface area contributed by atoms with E-state index in [1.165, 1.54) is 10.4 Å². The van der Waals surface area contributed by atoms with E-state index >= 15 is 0 Å². The molecule has 0 saturated carbocycles. The molecule has 1 aromatic carbocycles. The van der Waals surface area contributed by atoms with Crippen LogP contribution in [0.4, 0.5) is 0 Å². The van der Waals surface area contributed by atoms with Crippen LogP contribution in [0.25, 0.3) is 0 Å². The third kappa shape index (κ3) is 5.10. The van der Waals surface area contributed by atoms with Crippen LogP contribution in [0.5, 0.6) is 0 Å². The van der Waals surface area contributed by atoms with Crippen LogP contribution in [0.3, 0.4) is 0 Å². The number of rotatable bonds is 10. The highest BCUT2D eigenvalue weighted by molar-refractivity contribution is 7.98. The first-order valence-electron chi connectivity index (χ1n) is 9.69. The highest BCUT2D eigenvalue weighted by Gasteiger charge is 2.15. The van der Waals surface area contributed by atoms with Crippen molar-refractivity contribution in [1.29, 1.82) is 0 Å². The highest BCUT2D eigenvalue weighted by Crippen LogP contribution is 2.23. The molecule has 4 aromatic rings. The second-order valence-electron chi connectivity index (χ2n) is 6.65. The summed E-state index contributed by atoms with van der Waals surface area (Å²) in [6.45, 7) is 3.79. The number of hydrogen-bond acceptors (Lipinski definition) is 7. The molecule has 0 radical (unpaired) electrons. The Labute approximate surface area is 178 Å². The van der Waals surface area contributed by atoms with E-state index in [-0.39, 0.29) is 0 Å². The van der Waals surface area contributed by atoms with E-state index in [9.17, 15) is 0 Å². The predicted molar refractivity (Wildman–Crippen MR) is 115 cm³/mol. The van der Waals surface area contributed by atoms with Crippen LogP contribution in [-0.2, 0) is 31.7 Å². The van der Waals surface area contributed by atoms with Crippen molar-refractivity contribution >= 4 is 23.1 Å². The molecule has 0 fully saturated rings. The number of nitrogens with zero attached hydrogens (tertiary/aromatic N) is 7. The van der Waals surface area contributed by atoms with Crippen molar-refractivity contribution in [3.63, 3.8) is 0 Å². The third-order valence-corrected chi connectivity index (χ3v) is 6.38. The molecule has 150 valence electrons. The molecule has 0 bridgehead atoms. The fourth-order valence-corrected chi connectivity index (χ4v) is 4.69. The maximum Gasteiger partial charge on any atom is 0.191 e. The van der Waals surface area contributed by atoms with Crippen LogP contribution < -0.4 is 0 Å². The minimum atomic E-state index is 0.676. The molecule has 0 unspecified atom stereocenters. The van der Waals surface area contributed by atoms with Crippen molar-refractivity contribution in [1.82, 2.24) is 35.0 Å². The standard InChI is InChI=1S/C20H23N7S2/c1-2-11-27-19(22-24-25-27)15-29-20-23-21-18(14-17-9-6-13-28-17)26(20)12-10-16-7-4-3-5-8-16/h3-9,13H,2,10-12,14-15H2,1H3. The van der Waals surface area contributed by atoms with Crippen molar-refractivity contribution in [2.24, 2.45) is 0 Å². The minimum absolute atomic E-state index is 0.676. The fourth-order valence-electron chi connectivity index (χ4n) is 3.08. The molecule has 0 aliphatic rings. The zero-order valence-corrected chi connectivity index (χ0v) is 17.9. The number of hydrogen-bond donors (Lipinski definition) is 0. The Morgan fingerprint density at radius 1 is 0.966 bits per heavy atom. The van der Waals surface area contributed by atoms with Crippen molar-refractivity contribution in [2.75, 3.05) is 0 Å². The first-order chi connectivity index (χ1) is 14.3. The molecule has 0 atom stereocenters. The lowest BCUT2D eigenvalue weighted by Gasteiger charge is -2.10. The molecular weight excluding hydrogens is 402 g/mol. The van der Waals surface area contributed by atoms with Crippen molar-refractivity contribution in [2.45, 2.75) is 50.2 Å². The van der Waals surface area contributed by atoms with E-state index in [1.54, 1.807) is 23.1 Å². The summed E-state index contributed by atoms with van der Waals surface area (Å²) >= 11 is 3.39. The number of aromatic nitrogens is 7. The summed E-state index contributed by atoms with van der Waals surface area (Å²) < 4.78 is 4.11. The van der Waals surface area contributed by atoms with Gasteiger partial charge in [0.25, 0.3) is 0 Å². The smallest absolute Gasteiger partial charge is 0.191 e. The quantitative estimate of drug-likeness (QED) is 0.359. The Morgan fingerprint density at radius 2 is 1.86 bits per heavy atom. The van der Waals surface area contributed by atoms with Gasteiger partial charge in [-0.05, 0) is 40.3 Å². The minimum Gasteiger partial charge on any atom is -0.305 e. The summed E-state index contributed by atoms with van der Waals surface area (Å²) in [7, 11) is 0. The van der Waals surface area contributed by atoms with Crippen LogP contribution in [0.2, 0.25) is 0 Å². The Hall–Kier alpha value is -2.52. The molecule has 9 heteroatoms. The summed E-state index contributed by atoms with van der Waals surface area (Å²) in [5.41, 5.74) is 1.31. The summed E-state index contributed by atoms with van der Waals surface area (Å²) in [5.74, 6) is 2.54. The predicted octanol–water partition coefficient (Wildman–Crippen LogP) is 3.86. The molecule has 0 amide bonds. The molecule has 29 heavy (non-hydrogen) atoms. The first-order valence-corrected chi connectivity index (χ1v) is 11.6. The van der Waals surface area contributed by atoms with E-state index in [0.717, 1.165) is 49.2 Å². The number of thiophene rings is 1. The molecule has 4 rings (SSSR count). The Morgan fingerprint density at radius 3 is 2.66 bits per heavy atom. The number of thioether (sulfide) groups is 1. The lowest BCUT2D eigenvalue weighted by Crippen LogP contribution is -2.09. The second kappa shape index (κ2) is 9.80. The van der Waals surface area contributed by atoms with Gasteiger partial charge in [0.15, 0.2) is 11.0 Å². The molecule has 0 saturated heterocycles. The normalized spacial score (nSPS) is 11.2. The van der Waals surface area contributed by atoms with Gasteiger partial charge in [0.1, 0.15) is 5.82 Å². The second-order valence-corrected chi connectivity index (χ2v) is 8.62. The number of tetrazole rings is 1. The molecule has 0 aliphatic carbocycles.